The Kier molecular flexibility index (Phi) is 15.9. The molecule has 4 nitrogen and oxygen atoms in total. The molecule has 0 aliphatic carbocycles. The van der Waals surface area contributed by atoms with Crippen LogP contribution in [0.2, 0.25) is 0 Å². The zero-order valence-corrected chi connectivity index (χ0v) is 62.2. The summed E-state index contributed by atoms with van der Waals surface area (Å²) in [5, 5.41) is 14.4. The van der Waals surface area contributed by atoms with Gasteiger partial charge in [0.1, 0.15) is 11.6 Å². The van der Waals surface area contributed by atoms with Crippen LogP contribution in [-0.2, 0) is 0 Å². The molecule has 22 aromatic rings. The molecule has 0 bridgehead atoms. The second kappa shape index (κ2) is 27.5. The summed E-state index contributed by atoms with van der Waals surface area (Å²) in [4.78, 5) is 10.8. The molecule has 0 fully saturated rings. The lowest BCUT2D eigenvalue weighted by atomic mass is 9.81. The molecule has 114 heavy (non-hydrogen) atoms. The monoisotopic (exact) mass is 1450 g/mol. The Balaban J connectivity index is 0.675. The first-order valence-corrected chi connectivity index (χ1v) is 39.2. The fourth-order valence-corrected chi connectivity index (χ4v) is 18.2. The first kappa shape index (κ1) is 65.9. The van der Waals surface area contributed by atoms with Crippen molar-refractivity contribution >= 4 is 86.7 Å². The molecule has 0 aliphatic heterocycles. The van der Waals surface area contributed by atoms with Gasteiger partial charge in [-0.1, -0.05) is 364 Å². The molecule has 0 aliphatic rings. The van der Waals surface area contributed by atoms with Gasteiger partial charge in [-0.2, -0.15) is 0 Å². The van der Waals surface area contributed by atoms with Gasteiger partial charge in [0.25, 0.3) is 0 Å². The van der Waals surface area contributed by atoms with Crippen molar-refractivity contribution in [1.82, 2.24) is 19.1 Å². The Labute approximate surface area is 660 Å². The molecular weight excluding hydrogens is 1380 g/mol. The summed E-state index contributed by atoms with van der Waals surface area (Å²) in [5.41, 5.74) is 29.3. The third-order valence-electron chi connectivity index (χ3n) is 23.3. The van der Waals surface area contributed by atoms with Gasteiger partial charge in [0.15, 0.2) is 0 Å². The standard InChI is InChI=1S/C110H70N4/c1-5-28-73(29-6-1)84-40-15-17-42-89(84)104-93-44-19-21-46-95(93)106(90-43-18-16-41-85(90)74-30-7-2-8-31-74)99-69-78(62-66-97(99)104)72-56-60-77(61-57-72)110-112-102-52-27-48-88(108(102)114(110)83-37-11-4-12-38-83)81-64-65-87-80(68-81)34-26-50-92(87)107-96-47-22-20-45-94(96)105(91-49-25-33-75-32-13-14-39-86(75)91)98-67-63-79(70-100(98)107)71-54-58-76(59-55-71)109-111-101-51-23-24-53-103(101)113(109)82-35-9-3-10-36-82/h1-70H. The lowest BCUT2D eigenvalue weighted by Gasteiger charge is -2.22. The highest BCUT2D eigenvalue weighted by Gasteiger charge is 2.26. The number of fused-ring (bicyclic) bond motifs is 8. The van der Waals surface area contributed by atoms with Gasteiger partial charge in [0.05, 0.1) is 22.1 Å². The first-order valence-electron chi connectivity index (χ1n) is 39.2. The van der Waals surface area contributed by atoms with Crippen LogP contribution in [0.3, 0.4) is 0 Å². The summed E-state index contributed by atoms with van der Waals surface area (Å²) in [7, 11) is 0. The van der Waals surface area contributed by atoms with Crippen molar-refractivity contribution in [3.8, 4) is 134 Å². The summed E-state index contributed by atoms with van der Waals surface area (Å²) < 4.78 is 4.64. The highest BCUT2D eigenvalue weighted by atomic mass is 15.1. The van der Waals surface area contributed by atoms with E-state index in [1.807, 2.05) is 0 Å². The van der Waals surface area contributed by atoms with E-state index in [2.05, 4.69) is 434 Å². The van der Waals surface area contributed by atoms with Gasteiger partial charge in [-0.3, -0.25) is 9.13 Å². The maximum absolute atomic E-state index is 5.61. The number of para-hydroxylation sites is 5. The molecule has 0 saturated carbocycles. The van der Waals surface area contributed by atoms with Gasteiger partial charge in [0.2, 0.25) is 0 Å². The maximum Gasteiger partial charge on any atom is 0.145 e. The van der Waals surface area contributed by atoms with E-state index < -0.39 is 0 Å². The second-order valence-corrected chi connectivity index (χ2v) is 29.7. The Morgan fingerprint density at radius 2 is 0.500 bits per heavy atom. The van der Waals surface area contributed by atoms with Crippen LogP contribution in [0.15, 0.2) is 425 Å². The number of hydrogen-bond donors (Lipinski definition) is 0. The van der Waals surface area contributed by atoms with Crippen LogP contribution in [0.4, 0.5) is 0 Å². The number of hydrogen-bond acceptors (Lipinski definition) is 2. The van der Waals surface area contributed by atoms with Crippen LogP contribution in [0.1, 0.15) is 0 Å². The summed E-state index contributed by atoms with van der Waals surface area (Å²) in [6, 6.07) is 156. The quantitative estimate of drug-likeness (QED) is 0.108. The fourth-order valence-electron chi connectivity index (χ4n) is 18.2. The number of nitrogens with zero attached hydrogens (tertiary/aromatic N) is 4. The van der Waals surface area contributed by atoms with E-state index in [1.165, 1.54) is 126 Å². The minimum Gasteiger partial charge on any atom is -0.292 e. The Bertz CT molecular complexity index is 7540. The number of aromatic nitrogens is 4. The van der Waals surface area contributed by atoms with E-state index in [0.717, 1.165) is 95.0 Å². The fraction of sp³-hybridized carbons (Fsp3) is 0. The van der Waals surface area contributed by atoms with E-state index in [9.17, 15) is 0 Å². The number of benzene rings is 20. The molecule has 2 aromatic heterocycles. The summed E-state index contributed by atoms with van der Waals surface area (Å²) in [6.45, 7) is 0. The van der Waals surface area contributed by atoms with Crippen molar-refractivity contribution in [3.63, 3.8) is 0 Å². The second-order valence-electron chi connectivity index (χ2n) is 29.7. The van der Waals surface area contributed by atoms with Crippen molar-refractivity contribution in [1.29, 1.82) is 0 Å². The Morgan fingerprint density at radius 1 is 0.167 bits per heavy atom. The Morgan fingerprint density at radius 3 is 1.06 bits per heavy atom. The van der Waals surface area contributed by atoms with Crippen LogP contribution >= 0.6 is 0 Å². The van der Waals surface area contributed by atoms with Crippen LogP contribution < -0.4 is 0 Å². The highest BCUT2D eigenvalue weighted by Crippen LogP contribution is 2.52. The topological polar surface area (TPSA) is 35.6 Å². The van der Waals surface area contributed by atoms with E-state index in [-0.39, 0.29) is 0 Å². The molecule has 0 saturated heterocycles. The smallest absolute Gasteiger partial charge is 0.145 e. The molecule has 2 heterocycles. The van der Waals surface area contributed by atoms with E-state index >= 15 is 0 Å². The molecule has 4 heteroatoms. The van der Waals surface area contributed by atoms with Crippen LogP contribution in [0, 0.1) is 0 Å². The molecule has 0 N–H and O–H groups in total. The van der Waals surface area contributed by atoms with E-state index in [1.54, 1.807) is 0 Å². The number of imidazole rings is 2. The van der Waals surface area contributed by atoms with E-state index in [4.69, 9.17) is 9.97 Å². The average molecular weight is 1450 g/mol. The molecular formula is C110H70N4. The summed E-state index contributed by atoms with van der Waals surface area (Å²) in [5.74, 6) is 1.78. The lowest BCUT2D eigenvalue weighted by Crippen LogP contribution is -1.98. The predicted octanol–water partition coefficient (Wildman–Crippen LogP) is 29.6. The van der Waals surface area contributed by atoms with Crippen molar-refractivity contribution in [2.75, 3.05) is 0 Å². The largest absolute Gasteiger partial charge is 0.292 e. The molecule has 0 spiro atoms. The first-order chi connectivity index (χ1) is 56.6. The predicted molar refractivity (Wildman–Crippen MR) is 481 cm³/mol. The van der Waals surface area contributed by atoms with Crippen molar-refractivity contribution in [3.05, 3.63) is 425 Å². The van der Waals surface area contributed by atoms with Gasteiger partial charge in [-0.15, -0.1) is 0 Å². The lowest BCUT2D eigenvalue weighted by molar-refractivity contribution is 1.10. The van der Waals surface area contributed by atoms with Gasteiger partial charge >= 0.3 is 0 Å². The normalized spacial score (nSPS) is 11.7. The van der Waals surface area contributed by atoms with Crippen LogP contribution in [0.5, 0.6) is 0 Å². The van der Waals surface area contributed by atoms with Crippen molar-refractivity contribution < 1.29 is 0 Å². The molecule has 20 aromatic carbocycles. The van der Waals surface area contributed by atoms with Crippen molar-refractivity contribution in [2.24, 2.45) is 0 Å². The van der Waals surface area contributed by atoms with Crippen LogP contribution in [0.25, 0.3) is 221 Å². The minimum absolute atomic E-state index is 0.870. The van der Waals surface area contributed by atoms with Crippen molar-refractivity contribution in [2.45, 2.75) is 0 Å². The number of rotatable bonds is 13. The molecule has 530 valence electrons. The maximum atomic E-state index is 5.61. The third kappa shape index (κ3) is 11.1. The van der Waals surface area contributed by atoms with E-state index in [0.29, 0.717) is 0 Å². The molecule has 22 rings (SSSR count). The average Bonchev–Trinajstić information content (AvgIpc) is 0.993. The summed E-state index contributed by atoms with van der Waals surface area (Å²) >= 11 is 0. The molecule has 0 amide bonds. The highest BCUT2D eigenvalue weighted by molar-refractivity contribution is 6.27. The zero-order chi connectivity index (χ0) is 75.2. The third-order valence-corrected chi connectivity index (χ3v) is 23.3. The minimum atomic E-state index is 0.870. The van der Waals surface area contributed by atoms with Gasteiger partial charge < -0.3 is 0 Å². The molecule has 0 unspecified atom stereocenters. The van der Waals surface area contributed by atoms with Gasteiger partial charge in [0, 0.05) is 28.1 Å². The molecule has 0 atom stereocenters. The summed E-state index contributed by atoms with van der Waals surface area (Å²) in [6.07, 6.45) is 0. The SMILES string of the molecule is c1ccc(-c2ccccc2-c2c3ccccc3c(-c3ccccc3-c3ccccc3)c3cc(-c4ccc(-c5nc6cccc(-c7ccc8c(-c9c%10ccccc%10c(-c%10cccc%11ccccc%10%11)c%10ccc(-c%11ccc(-c%12nc%13ccccc%13n%12-c%12ccccc%12)cc%11)cc9%10)cccc8c7)c6n5-c5ccccc5)cc4)ccc23)cc1. The zero-order valence-electron chi connectivity index (χ0n) is 62.2. The molecule has 0 radical (unpaired) electrons. The van der Waals surface area contributed by atoms with Crippen LogP contribution in [-0.4, -0.2) is 19.1 Å². The van der Waals surface area contributed by atoms with Gasteiger partial charge in [-0.05, 0) is 220 Å². The van der Waals surface area contributed by atoms with Gasteiger partial charge in [-0.25, -0.2) is 9.97 Å². The Hall–Kier alpha value is -15.1.